The molecular formula is C37H38O6. The number of benzene rings is 4. The number of rotatable bonds is 15. The first kappa shape index (κ1) is 28.1. The molecular weight excluding hydrogens is 540 g/mol. The second-order valence-corrected chi connectivity index (χ2v) is 11.6. The predicted octanol–water partition coefficient (Wildman–Crippen LogP) is 5.49. The highest BCUT2D eigenvalue weighted by atomic mass is 16.6. The van der Waals surface area contributed by atoms with E-state index in [0.29, 0.717) is 26.1 Å². The van der Waals surface area contributed by atoms with Gasteiger partial charge in [0.25, 0.3) is 0 Å². The van der Waals surface area contributed by atoms with Crippen LogP contribution in [0.25, 0.3) is 0 Å². The number of hydrogen-bond acceptors (Lipinski definition) is 6. The minimum Gasteiger partial charge on any atom is -0.491 e. The second-order valence-electron chi connectivity index (χ2n) is 11.6. The summed E-state index contributed by atoms with van der Waals surface area (Å²) in [7, 11) is 0. The monoisotopic (exact) mass is 578 g/mol. The molecule has 0 spiro atoms. The van der Waals surface area contributed by atoms with Crippen LogP contribution in [-0.4, -0.2) is 63.1 Å². The van der Waals surface area contributed by atoms with Crippen LogP contribution in [0, 0.1) is 0 Å². The van der Waals surface area contributed by atoms with E-state index in [0.717, 1.165) is 60.0 Å². The molecule has 4 aromatic rings. The molecule has 1 N–H and O–H groups in total. The lowest BCUT2D eigenvalue weighted by Crippen LogP contribution is -2.31. The number of hydrogen-bond donors (Lipinski definition) is 1. The summed E-state index contributed by atoms with van der Waals surface area (Å²) in [4.78, 5) is 0. The van der Waals surface area contributed by atoms with Gasteiger partial charge in [-0.25, -0.2) is 0 Å². The molecule has 0 bridgehead atoms. The lowest BCUT2D eigenvalue weighted by Gasteiger charge is -2.37. The molecule has 3 saturated heterocycles. The van der Waals surface area contributed by atoms with Gasteiger partial charge in [-0.3, -0.25) is 0 Å². The van der Waals surface area contributed by atoms with E-state index in [1.807, 2.05) is 0 Å². The zero-order valence-corrected chi connectivity index (χ0v) is 24.3. The first-order valence-corrected chi connectivity index (χ1v) is 15.3. The third-order valence-corrected chi connectivity index (χ3v) is 8.51. The Morgan fingerprint density at radius 2 is 1.09 bits per heavy atom. The molecule has 3 unspecified atom stereocenters. The van der Waals surface area contributed by atoms with Crippen molar-refractivity contribution in [2.75, 3.05) is 39.6 Å². The summed E-state index contributed by atoms with van der Waals surface area (Å²) in [6.45, 7) is 3.50. The number of epoxide rings is 3. The minimum absolute atomic E-state index is 0.123. The van der Waals surface area contributed by atoms with Gasteiger partial charge in [-0.05, 0) is 58.4 Å². The maximum Gasteiger partial charge on any atom is 0.122 e. The van der Waals surface area contributed by atoms with E-state index >= 15 is 0 Å². The van der Waals surface area contributed by atoms with E-state index in [9.17, 15) is 5.11 Å². The van der Waals surface area contributed by atoms with Gasteiger partial charge in [0.05, 0.1) is 31.3 Å². The van der Waals surface area contributed by atoms with E-state index < -0.39 is 5.41 Å². The average molecular weight is 579 g/mol. The zero-order chi connectivity index (χ0) is 29.1. The summed E-state index contributed by atoms with van der Waals surface area (Å²) >= 11 is 0. The molecule has 222 valence electrons. The molecule has 7 rings (SSSR count). The average Bonchev–Trinajstić information content (AvgIpc) is 3.90. The van der Waals surface area contributed by atoms with E-state index in [2.05, 4.69) is 97.1 Å². The van der Waals surface area contributed by atoms with Crippen LogP contribution < -0.4 is 9.47 Å². The fraction of sp³-hybridized carbons (Fsp3) is 0.351. The Morgan fingerprint density at radius 3 is 1.58 bits per heavy atom. The molecule has 0 aromatic heterocycles. The van der Waals surface area contributed by atoms with Crippen LogP contribution in [-0.2, 0) is 32.5 Å². The maximum atomic E-state index is 9.73. The van der Waals surface area contributed by atoms with Crippen LogP contribution in [0.2, 0.25) is 0 Å². The van der Waals surface area contributed by atoms with Crippen molar-refractivity contribution in [3.8, 4) is 11.5 Å². The molecule has 43 heavy (non-hydrogen) atoms. The Morgan fingerprint density at radius 1 is 0.605 bits per heavy atom. The number of aliphatic hydroxyl groups is 1. The van der Waals surface area contributed by atoms with Crippen molar-refractivity contribution in [3.05, 3.63) is 130 Å². The number of aryl methyl sites for hydroxylation is 1. The van der Waals surface area contributed by atoms with Crippen LogP contribution in [0.15, 0.2) is 97.1 Å². The highest BCUT2D eigenvalue weighted by molar-refractivity contribution is 5.62. The van der Waals surface area contributed by atoms with Crippen molar-refractivity contribution in [2.24, 2.45) is 0 Å². The van der Waals surface area contributed by atoms with Crippen LogP contribution in [0.4, 0.5) is 0 Å². The first-order chi connectivity index (χ1) is 21.2. The van der Waals surface area contributed by atoms with Gasteiger partial charge in [-0.15, -0.1) is 0 Å². The largest absolute Gasteiger partial charge is 0.491 e. The van der Waals surface area contributed by atoms with Crippen LogP contribution in [0.5, 0.6) is 11.5 Å². The lowest BCUT2D eigenvalue weighted by atomic mass is 9.64. The summed E-state index contributed by atoms with van der Waals surface area (Å²) in [5.74, 6) is 1.74. The van der Waals surface area contributed by atoms with Gasteiger partial charge in [0.2, 0.25) is 0 Å². The zero-order valence-electron chi connectivity index (χ0n) is 24.3. The third kappa shape index (κ3) is 6.34. The Hall–Kier alpha value is -3.68. The van der Waals surface area contributed by atoms with Gasteiger partial charge >= 0.3 is 0 Å². The topological polar surface area (TPSA) is 76.3 Å². The molecule has 3 atom stereocenters. The van der Waals surface area contributed by atoms with Crippen LogP contribution in [0.1, 0.15) is 39.8 Å². The lowest BCUT2D eigenvalue weighted by molar-refractivity contribution is 0.259. The molecule has 6 nitrogen and oxygen atoms in total. The molecule has 6 heteroatoms. The molecule has 3 aliphatic heterocycles. The standard InChI is InChI=1S/C37H38O6/c38-17-7-8-26-18-30(13-15-35(26)42-24-33-22-40-33)37(28-9-3-1-4-10-28,29-11-5-2-6-12-29)31-14-16-36(43-25-34-23-41-34)27(19-31)20-32-21-39-32/h1-6,9-16,18-19,32-34,38H,7-8,17,20-25H2. The van der Waals surface area contributed by atoms with Gasteiger partial charge in [0, 0.05) is 13.0 Å². The van der Waals surface area contributed by atoms with Crippen molar-refractivity contribution in [2.45, 2.75) is 43.0 Å². The molecule has 3 heterocycles. The van der Waals surface area contributed by atoms with Crippen molar-refractivity contribution in [1.82, 2.24) is 0 Å². The predicted molar refractivity (Wildman–Crippen MR) is 164 cm³/mol. The van der Waals surface area contributed by atoms with E-state index in [-0.39, 0.29) is 24.9 Å². The van der Waals surface area contributed by atoms with E-state index in [1.54, 1.807) is 0 Å². The summed E-state index contributed by atoms with van der Waals surface area (Å²) in [6.07, 6.45) is 2.74. The van der Waals surface area contributed by atoms with Crippen LogP contribution >= 0.6 is 0 Å². The molecule has 3 aliphatic rings. The Kier molecular flexibility index (Phi) is 8.18. The molecule has 0 amide bonds. The smallest absolute Gasteiger partial charge is 0.122 e. The summed E-state index contributed by atoms with van der Waals surface area (Å²) in [5, 5.41) is 9.73. The van der Waals surface area contributed by atoms with Gasteiger partial charge in [-0.1, -0.05) is 84.9 Å². The van der Waals surface area contributed by atoms with E-state index in [1.165, 1.54) is 11.1 Å². The quantitative estimate of drug-likeness (QED) is 0.149. The minimum atomic E-state index is -0.619. The normalized spacial score (nSPS) is 20.4. The summed E-state index contributed by atoms with van der Waals surface area (Å²) in [6, 6.07) is 34.6. The fourth-order valence-corrected chi connectivity index (χ4v) is 6.03. The Labute approximate surface area is 253 Å². The number of aliphatic hydroxyl groups excluding tert-OH is 1. The van der Waals surface area contributed by atoms with Crippen molar-refractivity contribution in [3.63, 3.8) is 0 Å². The van der Waals surface area contributed by atoms with Gasteiger partial charge < -0.3 is 28.8 Å². The molecule has 0 radical (unpaired) electrons. The van der Waals surface area contributed by atoms with Crippen molar-refractivity contribution in [1.29, 1.82) is 0 Å². The third-order valence-electron chi connectivity index (χ3n) is 8.51. The van der Waals surface area contributed by atoms with Crippen LogP contribution in [0.3, 0.4) is 0 Å². The molecule has 0 saturated carbocycles. The fourth-order valence-electron chi connectivity index (χ4n) is 6.03. The Balaban J connectivity index is 1.41. The molecule has 0 aliphatic carbocycles. The first-order valence-electron chi connectivity index (χ1n) is 15.3. The van der Waals surface area contributed by atoms with Gasteiger partial charge in [0.1, 0.15) is 36.9 Å². The van der Waals surface area contributed by atoms with Gasteiger partial charge in [0.15, 0.2) is 0 Å². The summed E-state index contributed by atoms with van der Waals surface area (Å²) in [5.41, 5.74) is 6.24. The highest BCUT2D eigenvalue weighted by Crippen LogP contribution is 2.47. The molecule has 4 aromatic carbocycles. The van der Waals surface area contributed by atoms with Crippen molar-refractivity contribution >= 4 is 0 Å². The highest BCUT2D eigenvalue weighted by Gasteiger charge is 2.40. The second kappa shape index (κ2) is 12.5. The molecule has 3 fully saturated rings. The van der Waals surface area contributed by atoms with Crippen molar-refractivity contribution < 1.29 is 28.8 Å². The van der Waals surface area contributed by atoms with Gasteiger partial charge in [-0.2, -0.15) is 0 Å². The number of ether oxygens (including phenoxy) is 5. The summed E-state index contributed by atoms with van der Waals surface area (Å²) < 4.78 is 29.0. The Bertz CT molecular complexity index is 1470. The SMILES string of the molecule is OCCCc1cc(C(c2ccccc2)(c2ccccc2)c2ccc(OCC3CO3)c(CC3CO3)c2)ccc1OCC1CO1. The van der Waals surface area contributed by atoms with E-state index in [4.69, 9.17) is 23.7 Å². The maximum absolute atomic E-state index is 9.73.